The third kappa shape index (κ3) is 3.01. The van der Waals surface area contributed by atoms with E-state index in [1.807, 2.05) is 60.7 Å². The summed E-state index contributed by atoms with van der Waals surface area (Å²) in [5.41, 5.74) is 12.8. The lowest BCUT2D eigenvalue weighted by Gasteiger charge is -1.98. The molecule has 0 aliphatic heterocycles. The predicted molar refractivity (Wildman–Crippen MR) is 79.2 cm³/mol. The van der Waals surface area contributed by atoms with Gasteiger partial charge in [-0.2, -0.15) is 0 Å². The molecule has 3 rings (SSSR count). The summed E-state index contributed by atoms with van der Waals surface area (Å²) in [4.78, 5) is 0. The molecule has 0 spiro atoms. The Morgan fingerprint density at radius 1 is 0.556 bits per heavy atom. The molecule has 0 heterocycles. The molecule has 2 nitrogen and oxygen atoms in total. The van der Waals surface area contributed by atoms with Crippen LogP contribution in [0.4, 0.5) is 11.4 Å². The fourth-order valence-electron chi connectivity index (χ4n) is 1.70. The normalized spacial score (nSPS) is 9.56. The van der Waals surface area contributed by atoms with Crippen LogP contribution in [0.25, 0.3) is 10.8 Å². The van der Waals surface area contributed by atoms with Crippen molar-refractivity contribution >= 4 is 22.1 Å². The molecule has 0 aromatic heterocycles. The van der Waals surface area contributed by atoms with Gasteiger partial charge in [-0.05, 0) is 23.6 Å². The number of anilines is 2. The first-order valence-electron chi connectivity index (χ1n) is 5.81. The summed E-state index contributed by atoms with van der Waals surface area (Å²) in [6, 6.07) is 23.5. The Bertz CT molecular complexity index is 613. The van der Waals surface area contributed by atoms with E-state index in [0.717, 1.165) is 16.8 Å². The molecule has 0 atom stereocenters. The minimum absolute atomic E-state index is 0.822. The van der Waals surface area contributed by atoms with E-state index < -0.39 is 0 Å². The summed E-state index contributed by atoms with van der Waals surface area (Å²) < 4.78 is 0. The van der Waals surface area contributed by atoms with E-state index in [1.165, 1.54) is 5.39 Å². The Kier molecular flexibility index (Phi) is 3.82. The summed E-state index contributed by atoms with van der Waals surface area (Å²) in [6.07, 6.45) is 0. The largest absolute Gasteiger partial charge is 0.399 e. The zero-order chi connectivity index (χ0) is 12.8. The highest BCUT2D eigenvalue weighted by Gasteiger charge is 1.92. The van der Waals surface area contributed by atoms with E-state index in [9.17, 15) is 0 Å². The summed E-state index contributed by atoms with van der Waals surface area (Å²) in [6.45, 7) is 0. The first-order chi connectivity index (χ1) is 8.77. The molecule has 3 aromatic rings. The smallest absolute Gasteiger partial charge is 0.0393 e. The third-order valence-electron chi connectivity index (χ3n) is 2.62. The molecule has 0 aliphatic rings. The van der Waals surface area contributed by atoms with Crippen LogP contribution < -0.4 is 11.5 Å². The lowest BCUT2D eigenvalue weighted by atomic mass is 10.1. The summed E-state index contributed by atoms with van der Waals surface area (Å²) in [7, 11) is 0. The highest BCUT2D eigenvalue weighted by Crippen LogP contribution is 2.19. The van der Waals surface area contributed by atoms with Gasteiger partial charge in [0.05, 0.1) is 0 Å². The molecule has 0 fully saturated rings. The van der Waals surface area contributed by atoms with Gasteiger partial charge in [0, 0.05) is 16.8 Å². The van der Waals surface area contributed by atoms with E-state index in [1.54, 1.807) is 0 Å². The van der Waals surface area contributed by atoms with Crippen molar-refractivity contribution in [2.45, 2.75) is 0 Å². The molecule has 18 heavy (non-hydrogen) atoms. The van der Waals surface area contributed by atoms with Crippen molar-refractivity contribution < 1.29 is 0 Å². The second-order valence-electron chi connectivity index (χ2n) is 3.98. The van der Waals surface area contributed by atoms with Crippen LogP contribution in [0.2, 0.25) is 0 Å². The van der Waals surface area contributed by atoms with Gasteiger partial charge in [0.2, 0.25) is 0 Å². The number of benzene rings is 3. The molecule has 3 aromatic carbocycles. The standard InChI is InChI=1S/C10H9N.C6H7N/c11-10-7-3-5-8-4-1-2-6-9(8)10;7-6-4-2-1-3-5-6/h1-7H,11H2;1-5H,7H2. The molecule has 0 bridgehead atoms. The minimum atomic E-state index is 0.822. The number of hydrogen-bond donors (Lipinski definition) is 2. The molecule has 90 valence electrons. The topological polar surface area (TPSA) is 52.0 Å². The van der Waals surface area contributed by atoms with Gasteiger partial charge in [0.1, 0.15) is 0 Å². The SMILES string of the molecule is Nc1cccc2ccccc12.Nc1ccccc1. The third-order valence-corrected chi connectivity index (χ3v) is 2.62. The maximum Gasteiger partial charge on any atom is 0.0393 e. The Morgan fingerprint density at radius 3 is 1.78 bits per heavy atom. The maximum atomic E-state index is 5.76. The highest BCUT2D eigenvalue weighted by atomic mass is 14.5. The zero-order valence-electron chi connectivity index (χ0n) is 10.1. The van der Waals surface area contributed by atoms with Crippen molar-refractivity contribution in [3.05, 3.63) is 72.8 Å². The van der Waals surface area contributed by atoms with Crippen LogP contribution in [0.5, 0.6) is 0 Å². The van der Waals surface area contributed by atoms with E-state index in [-0.39, 0.29) is 0 Å². The number of rotatable bonds is 0. The van der Waals surface area contributed by atoms with Crippen LogP contribution >= 0.6 is 0 Å². The van der Waals surface area contributed by atoms with Crippen molar-refractivity contribution in [2.24, 2.45) is 0 Å². The quantitative estimate of drug-likeness (QED) is 0.585. The molecule has 0 aliphatic carbocycles. The van der Waals surface area contributed by atoms with Crippen molar-refractivity contribution in [2.75, 3.05) is 11.5 Å². The Labute approximate surface area is 107 Å². The minimum Gasteiger partial charge on any atom is -0.399 e. The first kappa shape index (κ1) is 12.0. The number of nitrogen functional groups attached to an aromatic ring is 2. The monoisotopic (exact) mass is 236 g/mol. The van der Waals surface area contributed by atoms with Gasteiger partial charge < -0.3 is 11.5 Å². The molecule has 0 unspecified atom stereocenters. The average Bonchev–Trinajstić information content (AvgIpc) is 2.41. The Balaban J connectivity index is 0.000000149. The molecular formula is C16H16N2. The van der Waals surface area contributed by atoms with Crippen LogP contribution in [-0.4, -0.2) is 0 Å². The Morgan fingerprint density at radius 2 is 1.17 bits per heavy atom. The van der Waals surface area contributed by atoms with Crippen LogP contribution in [0, 0.1) is 0 Å². The van der Waals surface area contributed by atoms with Gasteiger partial charge in [-0.15, -0.1) is 0 Å². The molecule has 4 N–H and O–H groups in total. The van der Waals surface area contributed by atoms with Crippen molar-refractivity contribution in [1.82, 2.24) is 0 Å². The fraction of sp³-hybridized carbons (Fsp3) is 0. The number of fused-ring (bicyclic) bond motifs is 1. The number of para-hydroxylation sites is 1. The van der Waals surface area contributed by atoms with Crippen molar-refractivity contribution in [1.29, 1.82) is 0 Å². The molecule has 0 saturated heterocycles. The highest BCUT2D eigenvalue weighted by molar-refractivity contribution is 5.92. The van der Waals surface area contributed by atoms with Crippen LogP contribution in [-0.2, 0) is 0 Å². The second kappa shape index (κ2) is 5.73. The number of hydrogen-bond acceptors (Lipinski definition) is 2. The van der Waals surface area contributed by atoms with E-state index >= 15 is 0 Å². The van der Waals surface area contributed by atoms with Gasteiger partial charge in [-0.3, -0.25) is 0 Å². The average molecular weight is 236 g/mol. The van der Waals surface area contributed by atoms with Gasteiger partial charge in [-0.1, -0.05) is 54.6 Å². The van der Waals surface area contributed by atoms with Crippen molar-refractivity contribution in [3.63, 3.8) is 0 Å². The fourth-order valence-corrected chi connectivity index (χ4v) is 1.70. The van der Waals surface area contributed by atoms with Gasteiger partial charge in [0.15, 0.2) is 0 Å². The zero-order valence-corrected chi connectivity index (χ0v) is 10.1. The molecule has 0 radical (unpaired) electrons. The van der Waals surface area contributed by atoms with Gasteiger partial charge >= 0.3 is 0 Å². The molecule has 2 heteroatoms. The summed E-state index contributed by atoms with van der Waals surface area (Å²) in [5.74, 6) is 0. The van der Waals surface area contributed by atoms with Crippen LogP contribution in [0.3, 0.4) is 0 Å². The van der Waals surface area contributed by atoms with Crippen molar-refractivity contribution in [3.8, 4) is 0 Å². The van der Waals surface area contributed by atoms with Gasteiger partial charge in [-0.25, -0.2) is 0 Å². The molecular weight excluding hydrogens is 220 g/mol. The second-order valence-corrected chi connectivity index (χ2v) is 3.98. The first-order valence-corrected chi connectivity index (χ1v) is 5.81. The number of nitrogens with two attached hydrogens (primary N) is 2. The van der Waals surface area contributed by atoms with Crippen LogP contribution in [0.1, 0.15) is 0 Å². The van der Waals surface area contributed by atoms with Crippen LogP contribution in [0.15, 0.2) is 72.8 Å². The lowest BCUT2D eigenvalue weighted by Crippen LogP contribution is -1.84. The predicted octanol–water partition coefficient (Wildman–Crippen LogP) is 3.69. The summed E-state index contributed by atoms with van der Waals surface area (Å²) in [5, 5.41) is 2.34. The Hall–Kier alpha value is -2.48. The summed E-state index contributed by atoms with van der Waals surface area (Å²) >= 11 is 0. The molecule has 0 amide bonds. The lowest BCUT2D eigenvalue weighted by molar-refractivity contribution is 1.69. The maximum absolute atomic E-state index is 5.76. The van der Waals surface area contributed by atoms with E-state index in [4.69, 9.17) is 11.5 Å². The van der Waals surface area contributed by atoms with E-state index in [0.29, 0.717) is 0 Å². The van der Waals surface area contributed by atoms with E-state index in [2.05, 4.69) is 12.1 Å². The van der Waals surface area contributed by atoms with Gasteiger partial charge in [0.25, 0.3) is 0 Å². The molecule has 0 saturated carbocycles.